The summed E-state index contributed by atoms with van der Waals surface area (Å²) in [5, 5.41) is 15.9. The molecule has 0 aliphatic heterocycles. The summed E-state index contributed by atoms with van der Waals surface area (Å²) in [5.41, 5.74) is 10.3. The summed E-state index contributed by atoms with van der Waals surface area (Å²) in [7, 11) is 0. The van der Waals surface area contributed by atoms with E-state index in [-0.39, 0.29) is 0 Å². The number of nitrogens with zero attached hydrogens (tertiary/aromatic N) is 3. The van der Waals surface area contributed by atoms with Gasteiger partial charge in [0.2, 0.25) is 0 Å². The molecule has 0 fully saturated rings. The SMILES string of the molecule is [N-]=[N+]=NC1c2cccc3cccc(c23)C1O. The Morgan fingerprint density at radius 3 is 2.50 bits per heavy atom. The zero-order valence-corrected chi connectivity index (χ0v) is 8.41. The smallest absolute Gasteiger partial charge is 0.0933 e. The van der Waals surface area contributed by atoms with Crippen molar-refractivity contribution in [2.24, 2.45) is 5.11 Å². The highest BCUT2D eigenvalue weighted by atomic mass is 16.3. The highest BCUT2D eigenvalue weighted by Gasteiger charge is 2.31. The van der Waals surface area contributed by atoms with E-state index in [1.807, 2.05) is 36.4 Å². The van der Waals surface area contributed by atoms with Crippen LogP contribution in [0.1, 0.15) is 23.3 Å². The van der Waals surface area contributed by atoms with Crippen LogP contribution in [0.2, 0.25) is 0 Å². The van der Waals surface area contributed by atoms with Crippen molar-refractivity contribution < 1.29 is 5.11 Å². The van der Waals surface area contributed by atoms with Crippen molar-refractivity contribution in [3.63, 3.8) is 0 Å². The van der Waals surface area contributed by atoms with E-state index >= 15 is 0 Å². The number of rotatable bonds is 1. The van der Waals surface area contributed by atoms with Crippen LogP contribution in [0.3, 0.4) is 0 Å². The minimum absolute atomic E-state index is 0.494. The maximum Gasteiger partial charge on any atom is 0.0933 e. The van der Waals surface area contributed by atoms with Gasteiger partial charge in [0.25, 0.3) is 0 Å². The van der Waals surface area contributed by atoms with Crippen molar-refractivity contribution in [2.75, 3.05) is 0 Å². The fourth-order valence-electron chi connectivity index (χ4n) is 2.41. The maximum absolute atomic E-state index is 10.1. The van der Waals surface area contributed by atoms with Gasteiger partial charge in [-0.3, -0.25) is 0 Å². The Labute approximate surface area is 91.8 Å². The molecular weight excluding hydrogens is 202 g/mol. The first kappa shape index (κ1) is 9.21. The quantitative estimate of drug-likeness (QED) is 0.439. The summed E-state index contributed by atoms with van der Waals surface area (Å²) in [6.07, 6.45) is -0.725. The molecule has 1 N–H and O–H groups in total. The van der Waals surface area contributed by atoms with Gasteiger partial charge >= 0.3 is 0 Å². The molecule has 4 heteroatoms. The fourth-order valence-corrected chi connectivity index (χ4v) is 2.41. The van der Waals surface area contributed by atoms with Crippen LogP contribution in [-0.4, -0.2) is 5.11 Å². The van der Waals surface area contributed by atoms with E-state index in [1.165, 1.54) is 0 Å². The number of aliphatic hydroxyl groups excluding tert-OH is 1. The third-order valence-corrected chi connectivity index (χ3v) is 3.08. The molecule has 16 heavy (non-hydrogen) atoms. The summed E-state index contributed by atoms with van der Waals surface area (Å²) < 4.78 is 0. The molecule has 2 atom stereocenters. The lowest BCUT2D eigenvalue weighted by Gasteiger charge is -2.09. The van der Waals surface area contributed by atoms with Gasteiger partial charge in [-0.25, -0.2) is 0 Å². The summed E-state index contributed by atoms with van der Waals surface area (Å²) in [6.45, 7) is 0. The molecule has 0 bridgehead atoms. The lowest BCUT2D eigenvalue weighted by atomic mass is 10.1. The highest BCUT2D eigenvalue weighted by molar-refractivity contribution is 5.91. The first-order chi connectivity index (χ1) is 7.83. The molecule has 0 aromatic heterocycles. The van der Waals surface area contributed by atoms with Gasteiger partial charge in [0.1, 0.15) is 0 Å². The summed E-state index contributed by atoms with van der Waals surface area (Å²) in [6, 6.07) is 11.1. The molecule has 0 spiro atoms. The van der Waals surface area contributed by atoms with Crippen LogP contribution in [0.25, 0.3) is 21.2 Å². The predicted octanol–water partition coefficient (Wildman–Crippen LogP) is 3.24. The van der Waals surface area contributed by atoms with Crippen LogP contribution in [0.5, 0.6) is 0 Å². The molecule has 78 valence electrons. The van der Waals surface area contributed by atoms with Crippen molar-refractivity contribution in [2.45, 2.75) is 12.1 Å². The second kappa shape index (κ2) is 3.23. The Kier molecular flexibility index (Phi) is 1.86. The van der Waals surface area contributed by atoms with Crippen LogP contribution < -0.4 is 0 Å². The van der Waals surface area contributed by atoms with Crippen molar-refractivity contribution in [3.8, 4) is 0 Å². The van der Waals surface area contributed by atoms with Gasteiger partial charge in [-0.15, -0.1) is 0 Å². The van der Waals surface area contributed by atoms with Gasteiger partial charge in [-0.1, -0.05) is 41.5 Å². The third kappa shape index (κ3) is 1.05. The number of hydrogen-bond acceptors (Lipinski definition) is 2. The van der Waals surface area contributed by atoms with Gasteiger partial charge in [0.05, 0.1) is 12.1 Å². The Hall–Kier alpha value is -2.03. The molecular formula is C12H9N3O. The minimum Gasteiger partial charge on any atom is -0.388 e. The summed E-state index contributed by atoms with van der Waals surface area (Å²) >= 11 is 0. The van der Waals surface area contributed by atoms with Crippen molar-refractivity contribution in [1.29, 1.82) is 0 Å². The molecule has 3 rings (SSSR count). The molecule has 0 radical (unpaired) electrons. The summed E-state index contributed by atoms with van der Waals surface area (Å²) in [4.78, 5) is 2.80. The second-order valence-electron chi connectivity index (χ2n) is 3.89. The standard InChI is InChI=1S/C12H9N3O/c13-15-14-11-8-5-1-3-7-4-2-6-9(10(7)8)12(11)16/h1-6,11-12,16H. The van der Waals surface area contributed by atoms with E-state index < -0.39 is 12.1 Å². The highest BCUT2D eigenvalue weighted by Crippen LogP contribution is 2.45. The fraction of sp³-hybridized carbons (Fsp3) is 0.167. The average molecular weight is 211 g/mol. The number of aliphatic hydroxyl groups is 1. The van der Waals surface area contributed by atoms with Crippen molar-refractivity contribution in [1.82, 2.24) is 0 Å². The first-order valence-electron chi connectivity index (χ1n) is 5.07. The predicted molar refractivity (Wildman–Crippen MR) is 60.8 cm³/mol. The molecule has 4 nitrogen and oxygen atoms in total. The Bertz CT molecular complexity index is 611. The first-order valence-corrected chi connectivity index (χ1v) is 5.07. The molecule has 2 unspecified atom stereocenters. The summed E-state index contributed by atoms with van der Waals surface area (Å²) in [5.74, 6) is 0. The molecule has 0 heterocycles. The topological polar surface area (TPSA) is 69.0 Å². The van der Waals surface area contributed by atoms with Crippen molar-refractivity contribution in [3.05, 3.63) is 58.0 Å². The Morgan fingerprint density at radius 2 is 1.81 bits per heavy atom. The molecule has 0 saturated heterocycles. The minimum atomic E-state index is -0.725. The number of hydrogen-bond donors (Lipinski definition) is 1. The maximum atomic E-state index is 10.1. The van der Waals surface area contributed by atoms with E-state index in [1.54, 1.807) is 0 Å². The van der Waals surface area contributed by atoms with E-state index in [0.717, 1.165) is 21.9 Å². The average Bonchev–Trinajstić information content (AvgIpc) is 2.58. The molecule has 0 amide bonds. The lowest BCUT2D eigenvalue weighted by Crippen LogP contribution is -2.00. The normalized spacial score (nSPS) is 22.1. The van der Waals surface area contributed by atoms with E-state index in [0.29, 0.717) is 0 Å². The molecule has 2 aromatic carbocycles. The van der Waals surface area contributed by atoms with Crippen LogP contribution in [0.4, 0.5) is 0 Å². The molecule has 1 aliphatic rings. The van der Waals surface area contributed by atoms with Gasteiger partial charge in [0.15, 0.2) is 0 Å². The van der Waals surface area contributed by atoms with Crippen LogP contribution in [0.15, 0.2) is 41.5 Å². The van der Waals surface area contributed by atoms with Gasteiger partial charge in [-0.2, -0.15) is 0 Å². The largest absolute Gasteiger partial charge is 0.388 e. The zero-order chi connectivity index (χ0) is 11.1. The zero-order valence-electron chi connectivity index (χ0n) is 8.41. The van der Waals surface area contributed by atoms with E-state index in [4.69, 9.17) is 5.53 Å². The van der Waals surface area contributed by atoms with Crippen LogP contribution >= 0.6 is 0 Å². The van der Waals surface area contributed by atoms with Gasteiger partial charge < -0.3 is 5.11 Å². The Morgan fingerprint density at radius 1 is 1.12 bits per heavy atom. The van der Waals surface area contributed by atoms with Crippen LogP contribution in [0, 0.1) is 0 Å². The second-order valence-corrected chi connectivity index (χ2v) is 3.89. The molecule has 1 aliphatic carbocycles. The number of azide groups is 1. The Balaban J connectivity index is 2.39. The van der Waals surface area contributed by atoms with Gasteiger partial charge in [-0.05, 0) is 27.4 Å². The lowest BCUT2D eigenvalue weighted by molar-refractivity contribution is 0.155. The number of benzene rings is 2. The molecule has 0 saturated carbocycles. The monoisotopic (exact) mass is 211 g/mol. The van der Waals surface area contributed by atoms with E-state index in [2.05, 4.69) is 10.0 Å². The van der Waals surface area contributed by atoms with Crippen LogP contribution in [-0.2, 0) is 0 Å². The van der Waals surface area contributed by atoms with Crippen molar-refractivity contribution >= 4 is 10.8 Å². The van der Waals surface area contributed by atoms with E-state index in [9.17, 15) is 5.11 Å². The third-order valence-electron chi connectivity index (χ3n) is 3.08. The molecule has 2 aromatic rings. The van der Waals surface area contributed by atoms with Gasteiger partial charge in [0, 0.05) is 4.91 Å².